The molecule has 0 aromatic heterocycles. The molecule has 0 aliphatic heterocycles. The number of hydrogen-bond acceptors (Lipinski definition) is 3. The second-order valence-corrected chi connectivity index (χ2v) is 6.63. The number of amides is 1. The smallest absolute Gasteiger partial charge is 0.254 e. The first-order valence-electron chi connectivity index (χ1n) is 6.62. The van der Waals surface area contributed by atoms with Crippen LogP contribution in [0.1, 0.15) is 36.2 Å². The van der Waals surface area contributed by atoms with E-state index in [0.717, 1.165) is 0 Å². The lowest BCUT2D eigenvalue weighted by Gasteiger charge is -2.22. The van der Waals surface area contributed by atoms with Gasteiger partial charge in [-0.05, 0) is 38.3 Å². The molecular weight excluding hydrogens is 289 g/mol. The van der Waals surface area contributed by atoms with Crippen LogP contribution in [-0.2, 0) is 0 Å². The van der Waals surface area contributed by atoms with Gasteiger partial charge in [-0.25, -0.2) is 4.39 Å². The molecule has 114 valence electrons. The van der Waals surface area contributed by atoms with Crippen molar-refractivity contribution in [3.63, 3.8) is 0 Å². The van der Waals surface area contributed by atoms with Gasteiger partial charge in [-0.1, -0.05) is 11.8 Å². The average Bonchev–Trinajstić information content (AvgIpc) is 2.45. The first-order valence-corrected chi connectivity index (χ1v) is 7.85. The number of hydrogen-bond donors (Lipinski definition) is 2. The minimum absolute atomic E-state index is 0.0135. The summed E-state index contributed by atoms with van der Waals surface area (Å²) in [7, 11) is 0. The number of carbonyl (C=O) groups excluding carboxylic acids is 1. The van der Waals surface area contributed by atoms with E-state index in [-0.39, 0.29) is 16.9 Å². The summed E-state index contributed by atoms with van der Waals surface area (Å²) >= 11 is 1.63. The fourth-order valence-corrected chi connectivity index (χ4v) is 1.67. The van der Waals surface area contributed by atoms with Gasteiger partial charge in [0.1, 0.15) is 5.82 Å². The van der Waals surface area contributed by atoms with E-state index >= 15 is 0 Å². The average molecular weight is 309 g/mol. The SMILES string of the molecule is CSC(C)(C)CNC(=O)c1ccc(C#CCCO)cc1F. The molecule has 0 aliphatic carbocycles. The third kappa shape index (κ3) is 5.78. The highest BCUT2D eigenvalue weighted by atomic mass is 32.2. The Bertz CT molecular complexity index is 561. The van der Waals surface area contributed by atoms with E-state index in [9.17, 15) is 9.18 Å². The highest BCUT2D eigenvalue weighted by molar-refractivity contribution is 7.99. The van der Waals surface area contributed by atoms with Gasteiger partial charge in [-0.15, -0.1) is 0 Å². The van der Waals surface area contributed by atoms with Crippen LogP contribution >= 0.6 is 11.8 Å². The molecule has 1 amide bonds. The van der Waals surface area contributed by atoms with Gasteiger partial charge in [0.15, 0.2) is 0 Å². The quantitative estimate of drug-likeness (QED) is 0.821. The van der Waals surface area contributed by atoms with E-state index < -0.39 is 11.7 Å². The predicted octanol–water partition coefficient (Wildman–Crippen LogP) is 2.43. The van der Waals surface area contributed by atoms with Gasteiger partial charge in [0, 0.05) is 23.3 Å². The normalized spacial score (nSPS) is 10.7. The first kappa shape index (κ1) is 17.5. The fourth-order valence-electron chi connectivity index (χ4n) is 1.46. The number of nitrogens with one attached hydrogen (secondary N) is 1. The summed E-state index contributed by atoms with van der Waals surface area (Å²) in [5.74, 6) is 4.42. The molecule has 21 heavy (non-hydrogen) atoms. The summed E-state index contributed by atoms with van der Waals surface area (Å²) in [6, 6.07) is 4.26. The molecule has 0 bridgehead atoms. The van der Waals surface area contributed by atoms with Crippen molar-refractivity contribution in [1.82, 2.24) is 5.32 Å². The molecule has 5 heteroatoms. The van der Waals surface area contributed by atoms with Crippen molar-refractivity contribution in [2.24, 2.45) is 0 Å². The van der Waals surface area contributed by atoms with Crippen LogP contribution in [0, 0.1) is 17.7 Å². The molecule has 0 unspecified atom stereocenters. The van der Waals surface area contributed by atoms with Crippen LogP contribution in [-0.4, -0.2) is 35.2 Å². The minimum Gasteiger partial charge on any atom is -0.395 e. The Morgan fingerprint density at radius 3 is 2.76 bits per heavy atom. The maximum atomic E-state index is 13.9. The summed E-state index contributed by atoms with van der Waals surface area (Å²) in [5, 5.41) is 11.4. The lowest BCUT2D eigenvalue weighted by atomic mass is 10.1. The maximum Gasteiger partial charge on any atom is 0.254 e. The Balaban J connectivity index is 2.76. The van der Waals surface area contributed by atoms with Gasteiger partial charge in [-0.2, -0.15) is 11.8 Å². The van der Waals surface area contributed by atoms with Crippen molar-refractivity contribution >= 4 is 17.7 Å². The molecule has 1 aromatic carbocycles. The number of rotatable bonds is 5. The second-order valence-electron chi connectivity index (χ2n) is 5.12. The van der Waals surface area contributed by atoms with Crippen molar-refractivity contribution in [1.29, 1.82) is 0 Å². The molecule has 0 atom stereocenters. The summed E-state index contributed by atoms with van der Waals surface area (Å²) in [6.45, 7) is 4.45. The topological polar surface area (TPSA) is 49.3 Å². The largest absolute Gasteiger partial charge is 0.395 e. The molecule has 1 aromatic rings. The standard InChI is InChI=1S/C16H20FNO2S/c1-16(2,21-3)11-18-15(20)13-8-7-12(10-14(13)17)6-4-5-9-19/h7-8,10,19H,5,9,11H2,1-3H3,(H,18,20). The summed E-state index contributed by atoms with van der Waals surface area (Å²) < 4.78 is 13.8. The molecular formula is C16H20FNO2S. The number of halogens is 1. The molecule has 0 saturated heterocycles. The van der Waals surface area contributed by atoms with Crippen molar-refractivity contribution in [3.05, 3.63) is 35.1 Å². The van der Waals surface area contributed by atoms with Crippen molar-refractivity contribution in [3.8, 4) is 11.8 Å². The van der Waals surface area contributed by atoms with Crippen LogP contribution in [0.4, 0.5) is 4.39 Å². The van der Waals surface area contributed by atoms with Gasteiger partial charge < -0.3 is 10.4 Å². The van der Waals surface area contributed by atoms with Crippen molar-refractivity contribution in [2.45, 2.75) is 25.0 Å². The minimum atomic E-state index is -0.592. The van der Waals surface area contributed by atoms with E-state index in [1.807, 2.05) is 20.1 Å². The number of benzene rings is 1. The lowest BCUT2D eigenvalue weighted by Crippen LogP contribution is -2.36. The van der Waals surface area contributed by atoms with E-state index in [4.69, 9.17) is 5.11 Å². The molecule has 1 rings (SSSR count). The fraction of sp³-hybridized carbons (Fsp3) is 0.438. The van der Waals surface area contributed by atoms with E-state index in [1.165, 1.54) is 12.1 Å². The Hall–Kier alpha value is -1.51. The molecule has 0 radical (unpaired) electrons. The molecule has 0 spiro atoms. The highest BCUT2D eigenvalue weighted by Gasteiger charge is 2.19. The van der Waals surface area contributed by atoms with Gasteiger partial charge in [0.2, 0.25) is 0 Å². The van der Waals surface area contributed by atoms with Crippen molar-refractivity contribution < 1.29 is 14.3 Å². The molecule has 0 aliphatic rings. The number of aliphatic hydroxyl groups is 1. The van der Waals surface area contributed by atoms with E-state index in [0.29, 0.717) is 18.5 Å². The van der Waals surface area contributed by atoms with Crippen LogP contribution in [0.15, 0.2) is 18.2 Å². The molecule has 3 nitrogen and oxygen atoms in total. The third-order valence-corrected chi connectivity index (χ3v) is 4.16. The van der Waals surface area contributed by atoms with Crippen LogP contribution in [0.2, 0.25) is 0 Å². The summed E-state index contributed by atoms with van der Waals surface area (Å²) in [5.41, 5.74) is 0.501. The van der Waals surface area contributed by atoms with Crippen molar-refractivity contribution in [2.75, 3.05) is 19.4 Å². The highest BCUT2D eigenvalue weighted by Crippen LogP contribution is 2.20. The predicted molar refractivity (Wildman–Crippen MR) is 84.9 cm³/mol. The van der Waals surface area contributed by atoms with Crippen LogP contribution in [0.3, 0.4) is 0 Å². The number of thioether (sulfide) groups is 1. The van der Waals surface area contributed by atoms with Crippen LogP contribution < -0.4 is 5.32 Å². The molecule has 0 saturated carbocycles. The zero-order chi connectivity index (χ0) is 15.9. The van der Waals surface area contributed by atoms with E-state index in [1.54, 1.807) is 17.8 Å². The summed E-state index contributed by atoms with van der Waals surface area (Å²) in [4.78, 5) is 12.0. The maximum absolute atomic E-state index is 13.9. The zero-order valence-electron chi connectivity index (χ0n) is 12.5. The molecule has 0 heterocycles. The molecule has 0 fully saturated rings. The van der Waals surface area contributed by atoms with Gasteiger partial charge in [0.05, 0.1) is 12.2 Å². The Morgan fingerprint density at radius 2 is 2.19 bits per heavy atom. The Kier molecular flexibility index (Phi) is 6.73. The van der Waals surface area contributed by atoms with Gasteiger partial charge >= 0.3 is 0 Å². The number of carbonyl (C=O) groups is 1. The first-order chi connectivity index (χ1) is 9.89. The second kappa shape index (κ2) is 8.06. The zero-order valence-corrected chi connectivity index (χ0v) is 13.3. The lowest BCUT2D eigenvalue weighted by molar-refractivity contribution is 0.0947. The van der Waals surface area contributed by atoms with Gasteiger partial charge in [-0.3, -0.25) is 4.79 Å². The molecule has 2 N–H and O–H groups in total. The van der Waals surface area contributed by atoms with Crippen LogP contribution in [0.5, 0.6) is 0 Å². The number of aliphatic hydroxyl groups excluding tert-OH is 1. The Labute approximate surface area is 129 Å². The Morgan fingerprint density at radius 1 is 1.48 bits per heavy atom. The third-order valence-electron chi connectivity index (χ3n) is 2.91. The monoisotopic (exact) mass is 309 g/mol. The summed E-state index contributed by atoms with van der Waals surface area (Å²) in [6.07, 6.45) is 2.31. The van der Waals surface area contributed by atoms with Crippen LogP contribution in [0.25, 0.3) is 0 Å². The van der Waals surface area contributed by atoms with Gasteiger partial charge in [0.25, 0.3) is 5.91 Å². The van der Waals surface area contributed by atoms with E-state index in [2.05, 4.69) is 17.2 Å².